The zero-order chi connectivity index (χ0) is 13.2. The van der Waals surface area contributed by atoms with Crippen LogP contribution >= 0.6 is 0 Å². The van der Waals surface area contributed by atoms with Gasteiger partial charge < -0.3 is 15.8 Å². The van der Waals surface area contributed by atoms with E-state index in [0.717, 1.165) is 0 Å². The third-order valence-electron chi connectivity index (χ3n) is 2.96. The number of benzene rings is 1. The van der Waals surface area contributed by atoms with Crippen molar-refractivity contribution in [2.45, 2.75) is 18.3 Å². The highest BCUT2D eigenvalue weighted by atomic mass is 19.4. The average molecular weight is 260 g/mol. The van der Waals surface area contributed by atoms with Gasteiger partial charge in [-0.05, 0) is 11.1 Å². The van der Waals surface area contributed by atoms with Gasteiger partial charge >= 0.3 is 6.18 Å². The molecular formula is C12H15F3N2O. The summed E-state index contributed by atoms with van der Waals surface area (Å²) >= 11 is 0. The molecule has 0 radical (unpaired) electrons. The molecule has 3 nitrogen and oxygen atoms in total. The summed E-state index contributed by atoms with van der Waals surface area (Å²) in [5.74, 6) is 0. The highest BCUT2D eigenvalue weighted by Gasteiger charge is 2.39. The summed E-state index contributed by atoms with van der Waals surface area (Å²) in [6, 6.07) is 4.32. The maximum absolute atomic E-state index is 12.7. The van der Waals surface area contributed by atoms with Crippen LogP contribution in [0.15, 0.2) is 24.3 Å². The Labute approximate surface area is 103 Å². The van der Waals surface area contributed by atoms with Crippen LogP contribution in [-0.4, -0.2) is 25.9 Å². The Morgan fingerprint density at radius 3 is 2.67 bits per heavy atom. The normalized spacial score (nSPS) is 22.8. The Kier molecular flexibility index (Phi) is 3.89. The van der Waals surface area contributed by atoms with Gasteiger partial charge in [0, 0.05) is 13.1 Å². The van der Waals surface area contributed by atoms with E-state index in [1.165, 1.54) is 6.07 Å². The van der Waals surface area contributed by atoms with E-state index in [1.54, 1.807) is 18.2 Å². The second kappa shape index (κ2) is 5.26. The Morgan fingerprint density at radius 1 is 1.33 bits per heavy atom. The molecule has 2 rings (SSSR count). The van der Waals surface area contributed by atoms with Crippen LogP contribution in [0.1, 0.15) is 23.3 Å². The average Bonchev–Trinajstić information content (AvgIpc) is 2.38. The fourth-order valence-electron chi connectivity index (χ4n) is 2.03. The minimum Gasteiger partial charge on any atom is -0.371 e. The van der Waals surface area contributed by atoms with Crippen molar-refractivity contribution in [1.29, 1.82) is 0 Å². The highest BCUT2D eigenvalue weighted by molar-refractivity contribution is 5.33. The van der Waals surface area contributed by atoms with Crippen molar-refractivity contribution in [3.8, 4) is 0 Å². The van der Waals surface area contributed by atoms with Crippen molar-refractivity contribution in [3.05, 3.63) is 35.4 Å². The molecule has 1 aliphatic heterocycles. The van der Waals surface area contributed by atoms with Crippen molar-refractivity contribution in [2.24, 2.45) is 5.73 Å². The molecule has 3 N–H and O–H groups in total. The standard InChI is InChI=1S/C12H15F3N2O/c13-12(14,15)11(16)9-4-2-1-3-8(9)10-7-17-5-6-18-10/h1-4,10-11,17H,5-7,16H2. The first-order valence-corrected chi connectivity index (χ1v) is 5.73. The zero-order valence-electron chi connectivity index (χ0n) is 9.70. The van der Waals surface area contributed by atoms with E-state index in [-0.39, 0.29) is 11.7 Å². The van der Waals surface area contributed by atoms with Gasteiger partial charge in [-0.3, -0.25) is 0 Å². The first kappa shape index (κ1) is 13.3. The highest BCUT2D eigenvalue weighted by Crippen LogP contribution is 2.35. The topological polar surface area (TPSA) is 47.3 Å². The lowest BCUT2D eigenvalue weighted by atomic mass is 9.96. The van der Waals surface area contributed by atoms with Gasteiger partial charge in [0.05, 0.1) is 12.7 Å². The molecule has 2 unspecified atom stereocenters. The number of ether oxygens (including phenoxy) is 1. The third-order valence-corrected chi connectivity index (χ3v) is 2.96. The van der Waals surface area contributed by atoms with E-state index >= 15 is 0 Å². The third kappa shape index (κ3) is 2.82. The lowest BCUT2D eigenvalue weighted by Gasteiger charge is -2.28. The molecule has 0 aromatic heterocycles. The van der Waals surface area contributed by atoms with Crippen LogP contribution in [0, 0.1) is 0 Å². The van der Waals surface area contributed by atoms with E-state index in [1.807, 2.05) is 0 Å². The summed E-state index contributed by atoms with van der Waals surface area (Å²) in [4.78, 5) is 0. The minimum absolute atomic E-state index is 0.0821. The molecule has 100 valence electrons. The Balaban J connectivity index is 2.30. The van der Waals surface area contributed by atoms with Crippen molar-refractivity contribution < 1.29 is 17.9 Å². The van der Waals surface area contributed by atoms with Gasteiger partial charge in [0.2, 0.25) is 0 Å². The van der Waals surface area contributed by atoms with E-state index in [0.29, 0.717) is 25.3 Å². The fraction of sp³-hybridized carbons (Fsp3) is 0.500. The number of hydrogen-bond acceptors (Lipinski definition) is 3. The molecule has 1 heterocycles. The van der Waals surface area contributed by atoms with Gasteiger partial charge in [-0.1, -0.05) is 24.3 Å². The van der Waals surface area contributed by atoms with Crippen LogP contribution in [0.5, 0.6) is 0 Å². The maximum Gasteiger partial charge on any atom is 0.407 e. The van der Waals surface area contributed by atoms with E-state index in [2.05, 4.69) is 5.32 Å². The molecule has 2 atom stereocenters. The Bertz CT molecular complexity index is 403. The molecule has 0 amide bonds. The van der Waals surface area contributed by atoms with Crippen LogP contribution in [0.3, 0.4) is 0 Å². The number of nitrogens with two attached hydrogens (primary N) is 1. The summed E-state index contributed by atoms with van der Waals surface area (Å²) < 4.78 is 43.6. The molecule has 0 bridgehead atoms. The molecule has 1 saturated heterocycles. The van der Waals surface area contributed by atoms with Gasteiger partial charge in [-0.15, -0.1) is 0 Å². The van der Waals surface area contributed by atoms with Gasteiger partial charge in [-0.2, -0.15) is 13.2 Å². The van der Waals surface area contributed by atoms with Crippen LogP contribution in [-0.2, 0) is 4.74 Å². The van der Waals surface area contributed by atoms with E-state index in [4.69, 9.17) is 10.5 Å². The van der Waals surface area contributed by atoms with Crippen molar-refractivity contribution in [3.63, 3.8) is 0 Å². The predicted octanol–water partition coefficient (Wildman–Crippen LogP) is 1.91. The first-order chi connectivity index (χ1) is 8.50. The lowest BCUT2D eigenvalue weighted by Crippen LogP contribution is -2.35. The largest absolute Gasteiger partial charge is 0.407 e. The predicted molar refractivity (Wildman–Crippen MR) is 61.0 cm³/mol. The van der Waals surface area contributed by atoms with Crippen molar-refractivity contribution in [1.82, 2.24) is 5.32 Å². The van der Waals surface area contributed by atoms with E-state index in [9.17, 15) is 13.2 Å². The summed E-state index contributed by atoms with van der Waals surface area (Å²) in [5, 5.41) is 3.09. The second-order valence-electron chi connectivity index (χ2n) is 4.21. The van der Waals surface area contributed by atoms with Gasteiger partial charge in [0.15, 0.2) is 0 Å². The number of nitrogens with one attached hydrogen (secondary N) is 1. The minimum atomic E-state index is -4.45. The number of halogens is 3. The number of morpholine rings is 1. The van der Waals surface area contributed by atoms with Crippen LogP contribution in [0.4, 0.5) is 13.2 Å². The van der Waals surface area contributed by atoms with Crippen LogP contribution in [0.2, 0.25) is 0 Å². The number of hydrogen-bond donors (Lipinski definition) is 2. The molecular weight excluding hydrogens is 245 g/mol. The second-order valence-corrected chi connectivity index (χ2v) is 4.21. The Hall–Kier alpha value is -1.11. The lowest BCUT2D eigenvalue weighted by molar-refractivity contribution is -0.149. The SMILES string of the molecule is NC(c1ccccc1C1CNCCO1)C(F)(F)F. The van der Waals surface area contributed by atoms with Crippen LogP contribution in [0.25, 0.3) is 0 Å². The molecule has 1 fully saturated rings. The Morgan fingerprint density at radius 2 is 2.06 bits per heavy atom. The molecule has 1 aromatic rings. The molecule has 0 saturated carbocycles. The van der Waals surface area contributed by atoms with Gasteiger partial charge in [-0.25, -0.2) is 0 Å². The molecule has 6 heteroatoms. The van der Waals surface area contributed by atoms with Crippen molar-refractivity contribution >= 4 is 0 Å². The molecule has 0 aliphatic carbocycles. The van der Waals surface area contributed by atoms with Crippen molar-refractivity contribution in [2.75, 3.05) is 19.7 Å². The molecule has 1 aliphatic rings. The van der Waals surface area contributed by atoms with Gasteiger partial charge in [0.25, 0.3) is 0 Å². The quantitative estimate of drug-likeness (QED) is 0.854. The summed E-state index contributed by atoms with van der Waals surface area (Å²) in [7, 11) is 0. The summed E-state index contributed by atoms with van der Waals surface area (Å²) in [6.07, 6.45) is -4.82. The monoisotopic (exact) mass is 260 g/mol. The zero-order valence-corrected chi connectivity index (χ0v) is 9.70. The fourth-order valence-corrected chi connectivity index (χ4v) is 2.03. The van der Waals surface area contributed by atoms with E-state index < -0.39 is 12.2 Å². The molecule has 1 aromatic carbocycles. The summed E-state index contributed by atoms with van der Waals surface area (Å²) in [6.45, 7) is 1.70. The van der Waals surface area contributed by atoms with Crippen LogP contribution < -0.4 is 11.1 Å². The smallest absolute Gasteiger partial charge is 0.371 e. The number of alkyl halides is 3. The molecule has 18 heavy (non-hydrogen) atoms. The summed E-state index contributed by atoms with van der Waals surface area (Å²) in [5.41, 5.74) is 5.87. The molecule has 0 spiro atoms. The van der Waals surface area contributed by atoms with Gasteiger partial charge in [0.1, 0.15) is 6.04 Å². The first-order valence-electron chi connectivity index (χ1n) is 5.73. The number of rotatable bonds is 2. The maximum atomic E-state index is 12.7.